The highest BCUT2D eigenvalue weighted by atomic mass is 35.5. The third-order valence-corrected chi connectivity index (χ3v) is 3.21. The van der Waals surface area contributed by atoms with Crippen molar-refractivity contribution in [3.8, 4) is 0 Å². The van der Waals surface area contributed by atoms with Gasteiger partial charge in [-0.3, -0.25) is 5.32 Å². The number of hydrogen-bond donors (Lipinski definition) is 2. The summed E-state index contributed by atoms with van der Waals surface area (Å²) in [6, 6.07) is 6.83. The highest BCUT2D eigenvalue weighted by molar-refractivity contribution is 6.28. The maximum Gasteiger partial charge on any atom is 0.412 e. The number of esters is 1. The Morgan fingerprint density at radius 1 is 1.22 bits per heavy atom. The Bertz CT molecular complexity index is 836. The molecule has 0 unspecified atom stereocenters. The molecule has 144 valence electrons. The number of nitrogens with zero attached hydrogens (tertiary/aromatic N) is 2. The van der Waals surface area contributed by atoms with Crippen LogP contribution in [0.4, 0.5) is 22.0 Å². The first-order valence-electron chi connectivity index (χ1n) is 8.24. The monoisotopic (exact) mass is 392 g/mol. The van der Waals surface area contributed by atoms with Crippen LogP contribution < -0.4 is 10.6 Å². The van der Waals surface area contributed by atoms with Gasteiger partial charge in [-0.2, -0.15) is 4.98 Å². The third-order valence-electron chi connectivity index (χ3n) is 3.03. The van der Waals surface area contributed by atoms with Gasteiger partial charge in [-0.1, -0.05) is 6.07 Å². The second kappa shape index (κ2) is 8.68. The normalized spacial score (nSPS) is 10.9. The summed E-state index contributed by atoms with van der Waals surface area (Å²) in [5.41, 5.74) is 0.620. The smallest absolute Gasteiger partial charge is 0.412 e. The van der Waals surface area contributed by atoms with Crippen LogP contribution in [-0.4, -0.2) is 34.2 Å². The van der Waals surface area contributed by atoms with Crippen LogP contribution in [0.5, 0.6) is 0 Å². The van der Waals surface area contributed by atoms with Gasteiger partial charge in [-0.25, -0.2) is 14.6 Å². The van der Waals surface area contributed by atoms with E-state index in [1.54, 1.807) is 52.0 Å². The molecule has 0 bridgehead atoms. The average Bonchev–Trinajstić information content (AvgIpc) is 2.53. The van der Waals surface area contributed by atoms with Crippen LogP contribution in [0.3, 0.4) is 0 Å². The molecule has 0 aliphatic heterocycles. The molecule has 1 aromatic carbocycles. The Labute approximate surface area is 162 Å². The first-order valence-corrected chi connectivity index (χ1v) is 8.62. The molecule has 1 aromatic heterocycles. The Hall–Kier alpha value is -2.87. The standard InChI is InChI=1S/C18H21ClN4O4/c1-5-26-15(24)13-10-20-16(19)23-14(13)21-11-7-6-8-12(9-11)22-17(25)27-18(2,3)4/h6-10H,5H2,1-4H3,(H,22,25)(H,20,21,23). The summed E-state index contributed by atoms with van der Waals surface area (Å²) < 4.78 is 10.2. The lowest BCUT2D eigenvalue weighted by atomic mass is 10.2. The molecule has 1 amide bonds. The Kier molecular flexibility index (Phi) is 6.57. The lowest BCUT2D eigenvalue weighted by molar-refractivity contribution is 0.0525. The van der Waals surface area contributed by atoms with Gasteiger partial charge < -0.3 is 14.8 Å². The van der Waals surface area contributed by atoms with Crippen LogP contribution in [0.25, 0.3) is 0 Å². The number of carbonyl (C=O) groups excluding carboxylic acids is 2. The summed E-state index contributed by atoms with van der Waals surface area (Å²) in [4.78, 5) is 31.8. The van der Waals surface area contributed by atoms with Crippen molar-refractivity contribution in [3.05, 3.63) is 41.3 Å². The van der Waals surface area contributed by atoms with E-state index in [-0.39, 0.29) is 23.3 Å². The van der Waals surface area contributed by atoms with Crippen LogP contribution >= 0.6 is 11.6 Å². The topological polar surface area (TPSA) is 102 Å². The molecular weight excluding hydrogens is 372 g/mol. The number of anilines is 3. The van der Waals surface area contributed by atoms with E-state index in [9.17, 15) is 9.59 Å². The minimum atomic E-state index is -0.605. The van der Waals surface area contributed by atoms with Crippen molar-refractivity contribution in [2.45, 2.75) is 33.3 Å². The Morgan fingerprint density at radius 2 is 1.93 bits per heavy atom. The molecule has 0 atom stereocenters. The van der Waals surface area contributed by atoms with Crippen LogP contribution in [-0.2, 0) is 9.47 Å². The molecule has 1 heterocycles. The summed E-state index contributed by atoms with van der Waals surface area (Å²) in [7, 11) is 0. The van der Waals surface area contributed by atoms with Crippen molar-refractivity contribution in [1.82, 2.24) is 9.97 Å². The van der Waals surface area contributed by atoms with Gasteiger partial charge in [0.25, 0.3) is 0 Å². The quantitative estimate of drug-likeness (QED) is 0.574. The van der Waals surface area contributed by atoms with Crippen molar-refractivity contribution in [3.63, 3.8) is 0 Å². The molecule has 9 heteroatoms. The molecule has 2 rings (SSSR count). The van der Waals surface area contributed by atoms with E-state index in [2.05, 4.69) is 20.6 Å². The number of rotatable bonds is 5. The minimum Gasteiger partial charge on any atom is -0.462 e. The van der Waals surface area contributed by atoms with Crippen molar-refractivity contribution in [1.29, 1.82) is 0 Å². The zero-order chi connectivity index (χ0) is 20.0. The summed E-state index contributed by atoms with van der Waals surface area (Å²) in [6.45, 7) is 7.25. The molecule has 2 aromatic rings. The van der Waals surface area contributed by atoms with Crippen molar-refractivity contribution in [2.75, 3.05) is 17.2 Å². The van der Waals surface area contributed by atoms with Crippen LogP contribution in [0.1, 0.15) is 38.1 Å². The molecule has 0 saturated heterocycles. The minimum absolute atomic E-state index is 0.0198. The van der Waals surface area contributed by atoms with Crippen LogP contribution in [0, 0.1) is 0 Å². The lowest BCUT2D eigenvalue weighted by Crippen LogP contribution is -2.27. The van der Waals surface area contributed by atoms with Crippen molar-refractivity contribution in [2.24, 2.45) is 0 Å². The fourth-order valence-corrected chi connectivity index (χ4v) is 2.18. The van der Waals surface area contributed by atoms with E-state index in [1.807, 2.05) is 0 Å². The number of hydrogen-bond acceptors (Lipinski definition) is 7. The molecule has 0 radical (unpaired) electrons. The van der Waals surface area contributed by atoms with E-state index in [4.69, 9.17) is 21.1 Å². The second-order valence-corrected chi connectivity index (χ2v) is 6.79. The average molecular weight is 393 g/mol. The van der Waals surface area contributed by atoms with Crippen molar-refractivity contribution < 1.29 is 19.1 Å². The highest BCUT2D eigenvalue weighted by Crippen LogP contribution is 2.23. The molecule has 0 fully saturated rings. The van der Waals surface area contributed by atoms with Crippen molar-refractivity contribution >= 4 is 40.9 Å². The number of amides is 1. The number of nitrogens with one attached hydrogen (secondary N) is 2. The first kappa shape index (κ1) is 20.4. The summed E-state index contributed by atoms with van der Waals surface area (Å²) in [5.74, 6) is -0.373. The SMILES string of the molecule is CCOC(=O)c1cnc(Cl)nc1Nc1cccc(NC(=O)OC(C)(C)C)c1. The maximum atomic E-state index is 12.1. The van der Waals surface area contributed by atoms with E-state index in [0.29, 0.717) is 11.4 Å². The van der Waals surface area contributed by atoms with Gasteiger partial charge in [0.15, 0.2) is 0 Å². The molecule has 27 heavy (non-hydrogen) atoms. The number of aromatic nitrogens is 2. The zero-order valence-electron chi connectivity index (χ0n) is 15.5. The number of halogens is 1. The maximum absolute atomic E-state index is 12.1. The van der Waals surface area contributed by atoms with E-state index < -0.39 is 17.7 Å². The first-order chi connectivity index (χ1) is 12.7. The van der Waals surface area contributed by atoms with Gasteiger partial charge in [-0.15, -0.1) is 0 Å². The molecule has 0 saturated carbocycles. The van der Waals surface area contributed by atoms with Gasteiger partial charge in [0.1, 0.15) is 17.0 Å². The summed E-state index contributed by atoms with van der Waals surface area (Å²) in [6.07, 6.45) is 0.718. The third kappa shape index (κ3) is 6.41. The molecule has 0 spiro atoms. The Balaban J connectivity index is 2.20. The summed E-state index contributed by atoms with van der Waals surface area (Å²) >= 11 is 5.84. The number of ether oxygens (including phenoxy) is 2. The number of benzene rings is 1. The molecule has 2 N–H and O–H groups in total. The second-order valence-electron chi connectivity index (χ2n) is 6.45. The van der Waals surface area contributed by atoms with Gasteiger partial charge in [0, 0.05) is 17.6 Å². The predicted molar refractivity (Wildman–Crippen MR) is 103 cm³/mol. The highest BCUT2D eigenvalue weighted by Gasteiger charge is 2.17. The summed E-state index contributed by atoms with van der Waals surface area (Å²) in [5, 5.41) is 5.61. The van der Waals surface area contributed by atoms with Gasteiger partial charge in [0.05, 0.1) is 6.61 Å². The van der Waals surface area contributed by atoms with E-state index in [1.165, 1.54) is 6.20 Å². The molecular formula is C18H21ClN4O4. The van der Waals surface area contributed by atoms with Gasteiger partial charge >= 0.3 is 12.1 Å². The van der Waals surface area contributed by atoms with Gasteiger partial charge in [-0.05, 0) is 57.5 Å². The Morgan fingerprint density at radius 3 is 2.59 bits per heavy atom. The zero-order valence-corrected chi connectivity index (χ0v) is 16.3. The fourth-order valence-electron chi connectivity index (χ4n) is 2.05. The lowest BCUT2D eigenvalue weighted by Gasteiger charge is -2.19. The van der Waals surface area contributed by atoms with Crippen LogP contribution in [0.15, 0.2) is 30.5 Å². The van der Waals surface area contributed by atoms with Gasteiger partial charge in [0.2, 0.25) is 5.28 Å². The van der Waals surface area contributed by atoms with E-state index >= 15 is 0 Å². The molecule has 0 aliphatic carbocycles. The fraction of sp³-hybridized carbons (Fsp3) is 0.333. The number of carbonyl (C=O) groups is 2. The predicted octanol–water partition coefficient (Wildman–Crippen LogP) is 4.40. The molecule has 0 aliphatic rings. The van der Waals surface area contributed by atoms with E-state index in [0.717, 1.165) is 0 Å². The molecule has 8 nitrogen and oxygen atoms in total. The largest absolute Gasteiger partial charge is 0.462 e. The van der Waals surface area contributed by atoms with Crippen LogP contribution in [0.2, 0.25) is 5.28 Å².